The fourth-order valence-electron chi connectivity index (χ4n) is 1.80. The van der Waals surface area contributed by atoms with Gasteiger partial charge in [0.15, 0.2) is 11.4 Å². The molecule has 5 nitrogen and oxygen atoms in total. The molecule has 2 aromatic carbocycles. The second-order valence-corrected chi connectivity index (χ2v) is 4.36. The highest BCUT2D eigenvalue weighted by Gasteiger charge is 2.31. The van der Waals surface area contributed by atoms with Crippen LogP contribution in [0.4, 0.5) is 18.9 Å². The Kier molecular flexibility index (Phi) is 4.63. The molecule has 0 aliphatic heterocycles. The predicted octanol–water partition coefficient (Wildman–Crippen LogP) is 4.68. The molecule has 2 aromatic rings. The van der Waals surface area contributed by atoms with Crippen LogP contribution < -0.4 is 4.74 Å². The molecule has 0 saturated carbocycles. The Bertz CT molecular complexity index is 744. The van der Waals surface area contributed by atoms with Gasteiger partial charge in [-0.15, -0.1) is 4.91 Å². The van der Waals surface area contributed by atoms with E-state index in [0.717, 1.165) is 12.1 Å². The summed E-state index contributed by atoms with van der Waals surface area (Å²) in [4.78, 5) is 22.4. The number of esters is 1. The van der Waals surface area contributed by atoms with E-state index in [1.54, 1.807) is 12.1 Å². The number of rotatable bonds is 4. The lowest BCUT2D eigenvalue weighted by atomic mass is 10.1. The first-order chi connectivity index (χ1) is 10.9. The van der Waals surface area contributed by atoms with Crippen molar-refractivity contribution in [2.75, 3.05) is 7.11 Å². The fraction of sp³-hybridized carbons (Fsp3) is 0.133. The van der Waals surface area contributed by atoms with Crippen molar-refractivity contribution in [3.05, 3.63) is 58.5 Å². The van der Waals surface area contributed by atoms with E-state index < -0.39 is 23.4 Å². The number of halogens is 3. The Labute approximate surface area is 128 Å². The summed E-state index contributed by atoms with van der Waals surface area (Å²) >= 11 is 0. The first-order valence-electron chi connectivity index (χ1n) is 6.26. The first kappa shape index (κ1) is 16.5. The van der Waals surface area contributed by atoms with Gasteiger partial charge in [-0.3, -0.25) is 0 Å². The topological polar surface area (TPSA) is 65.0 Å². The lowest BCUT2D eigenvalue weighted by Gasteiger charge is -2.12. The highest BCUT2D eigenvalue weighted by atomic mass is 19.4. The zero-order chi connectivity index (χ0) is 17.0. The number of nitrogens with zero attached hydrogens (tertiary/aromatic N) is 1. The van der Waals surface area contributed by atoms with E-state index in [4.69, 9.17) is 4.74 Å². The summed E-state index contributed by atoms with van der Waals surface area (Å²) < 4.78 is 47.8. The molecule has 0 N–H and O–H groups in total. The molecule has 23 heavy (non-hydrogen) atoms. The second kappa shape index (κ2) is 6.47. The molecule has 0 atom stereocenters. The maximum Gasteiger partial charge on any atom is 0.416 e. The maximum absolute atomic E-state index is 12.6. The summed E-state index contributed by atoms with van der Waals surface area (Å²) in [5, 5.41) is 2.54. The van der Waals surface area contributed by atoms with Crippen LogP contribution in [0.1, 0.15) is 15.9 Å². The van der Waals surface area contributed by atoms with Crippen molar-refractivity contribution in [2.45, 2.75) is 6.18 Å². The van der Waals surface area contributed by atoms with Gasteiger partial charge in [0.05, 0.1) is 12.7 Å². The summed E-state index contributed by atoms with van der Waals surface area (Å²) in [6, 6.07) is 8.24. The van der Waals surface area contributed by atoms with Crippen LogP contribution in [-0.4, -0.2) is 13.1 Å². The Hall–Kier alpha value is -2.90. The minimum Gasteiger partial charge on any atom is -0.465 e. The molecule has 120 valence electrons. The van der Waals surface area contributed by atoms with Crippen molar-refractivity contribution in [1.82, 2.24) is 0 Å². The van der Waals surface area contributed by atoms with E-state index in [0.29, 0.717) is 6.07 Å². The number of carbonyl (C=O) groups excluding carboxylic acids is 1. The number of hydrogen-bond donors (Lipinski definition) is 0. The van der Waals surface area contributed by atoms with Crippen LogP contribution in [0.5, 0.6) is 11.5 Å². The normalized spacial score (nSPS) is 11.0. The van der Waals surface area contributed by atoms with Crippen LogP contribution in [-0.2, 0) is 10.9 Å². The zero-order valence-corrected chi connectivity index (χ0v) is 11.8. The molecule has 0 bridgehead atoms. The Morgan fingerprint density at radius 3 is 2.39 bits per heavy atom. The fourth-order valence-corrected chi connectivity index (χ4v) is 1.80. The second-order valence-electron chi connectivity index (χ2n) is 4.36. The van der Waals surface area contributed by atoms with Crippen LogP contribution in [0, 0.1) is 4.91 Å². The van der Waals surface area contributed by atoms with Crippen LogP contribution >= 0.6 is 0 Å². The summed E-state index contributed by atoms with van der Waals surface area (Å²) in [5.74, 6) is -0.860. The van der Waals surface area contributed by atoms with Crippen LogP contribution in [0.3, 0.4) is 0 Å². The van der Waals surface area contributed by atoms with Crippen molar-refractivity contribution >= 4 is 11.7 Å². The number of benzene rings is 2. The van der Waals surface area contributed by atoms with E-state index in [1.165, 1.54) is 19.2 Å². The highest BCUT2D eigenvalue weighted by Crippen LogP contribution is 2.38. The molecular formula is C15H10F3NO4. The number of carbonyl (C=O) groups is 1. The molecule has 0 unspecified atom stereocenters. The van der Waals surface area contributed by atoms with Crippen molar-refractivity contribution in [1.29, 1.82) is 0 Å². The molecular weight excluding hydrogens is 315 g/mol. The van der Waals surface area contributed by atoms with Gasteiger partial charge >= 0.3 is 12.1 Å². The molecule has 0 aliphatic rings. The van der Waals surface area contributed by atoms with Crippen molar-refractivity contribution < 1.29 is 27.4 Å². The van der Waals surface area contributed by atoms with Crippen molar-refractivity contribution in [3.63, 3.8) is 0 Å². The summed E-state index contributed by atoms with van der Waals surface area (Å²) in [6.07, 6.45) is -4.61. The lowest BCUT2D eigenvalue weighted by Crippen LogP contribution is -2.05. The molecule has 2 rings (SSSR count). The van der Waals surface area contributed by atoms with Gasteiger partial charge in [0.2, 0.25) is 0 Å². The third-order valence-electron chi connectivity index (χ3n) is 2.90. The number of hydrogen-bond acceptors (Lipinski definition) is 5. The lowest BCUT2D eigenvalue weighted by molar-refractivity contribution is -0.137. The summed E-state index contributed by atoms with van der Waals surface area (Å²) in [6.45, 7) is 0. The van der Waals surface area contributed by atoms with Gasteiger partial charge in [-0.25, -0.2) is 4.79 Å². The van der Waals surface area contributed by atoms with E-state index >= 15 is 0 Å². The Balaban J connectivity index is 2.42. The summed E-state index contributed by atoms with van der Waals surface area (Å²) in [5.41, 5.74) is -1.49. The molecule has 0 aromatic heterocycles. The number of alkyl halides is 3. The average molecular weight is 325 g/mol. The van der Waals surface area contributed by atoms with Gasteiger partial charge in [-0.05, 0) is 35.5 Å². The van der Waals surface area contributed by atoms with Crippen LogP contribution in [0.25, 0.3) is 0 Å². The number of para-hydroxylation sites is 1. The van der Waals surface area contributed by atoms with Gasteiger partial charge in [0.1, 0.15) is 11.3 Å². The molecule has 0 saturated heterocycles. The maximum atomic E-state index is 12.6. The van der Waals surface area contributed by atoms with Crippen molar-refractivity contribution in [2.24, 2.45) is 5.18 Å². The van der Waals surface area contributed by atoms with Crippen LogP contribution in [0.2, 0.25) is 0 Å². The van der Waals surface area contributed by atoms with Gasteiger partial charge in [0, 0.05) is 0 Å². The van der Waals surface area contributed by atoms with Crippen molar-refractivity contribution in [3.8, 4) is 11.5 Å². The molecule has 0 aliphatic carbocycles. The first-order valence-corrected chi connectivity index (χ1v) is 6.26. The Morgan fingerprint density at radius 1 is 1.09 bits per heavy atom. The third-order valence-corrected chi connectivity index (χ3v) is 2.90. The molecule has 0 radical (unpaired) electrons. The highest BCUT2D eigenvalue weighted by molar-refractivity contribution is 5.92. The molecule has 0 spiro atoms. The van der Waals surface area contributed by atoms with Gasteiger partial charge < -0.3 is 9.47 Å². The summed E-state index contributed by atoms with van der Waals surface area (Å²) in [7, 11) is 1.18. The van der Waals surface area contributed by atoms with Crippen LogP contribution in [0.15, 0.2) is 47.6 Å². The van der Waals surface area contributed by atoms with Gasteiger partial charge in [-0.1, -0.05) is 12.1 Å². The minimum atomic E-state index is -4.61. The monoisotopic (exact) mass is 325 g/mol. The smallest absolute Gasteiger partial charge is 0.416 e. The molecule has 0 heterocycles. The average Bonchev–Trinajstić information content (AvgIpc) is 2.54. The minimum absolute atomic E-state index is 0.0315. The standard InChI is InChI=1S/C15H10F3NO4/c1-22-14(20)10-4-2-3-5-12(10)23-13-7-6-9(15(16,17)18)8-11(13)19-21/h2-8H,1H3. The third kappa shape index (κ3) is 3.65. The van der Waals surface area contributed by atoms with E-state index in [9.17, 15) is 22.9 Å². The predicted molar refractivity (Wildman–Crippen MR) is 74.8 cm³/mol. The quantitative estimate of drug-likeness (QED) is 0.604. The van der Waals surface area contributed by atoms with E-state index in [1.807, 2.05) is 0 Å². The molecule has 0 amide bonds. The zero-order valence-electron chi connectivity index (χ0n) is 11.8. The number of ether oxygens (including phenoxy) is 2. The Morgan fingerprint density at radius 2 is 1.78 bits per heavy atom. The molecule has 0 fully saturated rings. The van der Waals surface area contributed by atoms with Gasteiger partial charge in [0.25, 0.3) is 0 Å². The largest absolute Gasteiger partial charge is 0.465 e. The van der Waals surface area contributed by atoms with E-state index in [2.05, 4.69) is 9.91 Å². The van der Waals surface area contributed by atoms with Gasteiger partial charge in [-0.2, -0.15) is 13.2 Å². The number of nitroso groups, excluding NO2 is 1. The SMILES string of the molecule is COC(=O)c1ccccc1Oc1ccc(C(F)(F)F)cc1N=O. The molecule has 8 heteroatoms. The number of methoxy groups -OCH3 is 1. The van der Waals surface area contributed by atoms with E-state index in [-0.39, 0.29) is 17.1 Å².